The standard InChI is InChI=1S/C18H22N2O2S/c1-13-8-9-17(23-13)16(12-14-6-2-4-10-19-14)20-11-5-3-7-15(20)18(21)22/h2,4,6,8-10,15-16H,3,5,7,11-12H2,1H3,(H,21,22). The second-order valence-electron chi connectivity index (χ2n) is 6.08. The number of aromatic nitrogens is 1. The summed E-state index contributed by atoms with van der Waals surface area (Å²) in [6.45, 7) is 2.93. The summed E-state index contributed by atoms with van der Waals surface area (Å²) in [7, 11) is 0. The van der Waals surface area contributed by atoms with Crippen LogP contribution in [-0.2, 0) is 11.2 Å². The molecule has 0 bridgehead atoms. The lowest BCUT2D eigenvalue weighted by Crippen LogP contribution is -2.47. The van der Waals surface area contributed by atoms with Gasteiger partial charge in [0.15, 0.2) is 0 Å². The van der Waals surface area contributed by atoms with Crippen LogP contribution in [-0.4, -0.2) is 33.5 Å². The van der Waals surface area contributed by atoms with Crippen molar-refractivity contribution in [3.63, 3.8) is 0 Å². The molecule has 0 saturated carbocycles. The molecule has 1 N–H and O–H groups in total. The van der Waals surface area contributed by atoms with Crippen molar-refractivity contribution in [2.24, 2.45) is 0 Å². The van der Waals surface area contributed by atoms with Crippen molar-refractivity contribution in [1.82, 2.24) is 9.88 Å². The lowest BCUT2D eigenvalue weighted by atomic mass is 9.97. The number of rotatable bonds is 5. The van der Waals surface area contributed by atoms with Crippen molar-refractivity contribution in [2.45, 2.75) is 44.7 Å². The first-order valence-corrected chi connectivity index (χ1v) is 8.91. The third-order valence-electron chi connectivity index (χ3n) is 4.45. The fraction of sp³-hybridized carbons (Fsp3) is 0.444. The van der Waals surface area contributed by atoms with Gasteiger partial charge in [-0.25, -0.2) is 0 Å². The Bertz CT molecular complexity index is 656. The maximum Gasteiger partial charge on any atom is 0.320 e. The van der Waals surface area contributed by atoms with Crippen LogP contribution in [0.4, 0.5) is 0 Å². The van der Waals surface area contributed by atoms with E-state index >= 15 is 0 Å². The molecule has 1 fully saturated rings. The van der Waals surface area contributed by atoms with Crippen LogP contribution in [0.2, 0.25) is 0 Å². The lowest BCUT2D eigenvalue weighted by Gasteiger charge is -2.38. The number of aliphatic carboxylic acids is 1. The van der Waals surface area contributed by atoms with Crippen molar-refractivity contribution in [3.05, 3.63) is 52.0 Å². The minimum absolute atomic E-state index is 0.0880. The molecule has 0 spiro atoms. The van der Waals surface area contributed by atoms with Gasteiger partial charge in [0.1, 0.15) is 6.04 Å². The molecule has 3 heterocycles. The normalized spacial score (nSPS) is 20.3. The topological polar surface area (TPSA) is 53.4 Å². The summed E-state index contributed by atoms with van der Waals surface area (Å²) < 4.78 is 0. The molecule has 23 heavy (non-hydrogen) atoms. The lowest BCUT2D eigenvalue weighted by molar-refractivity contribution is -0.145. The van der Waals surface area contributed by atoms with Gasteiger partial charge in [0.25, 0.3) is 0 Å². The van der Waals surface area contributed by atoms with Gasteiger partial charge in [-0.3, -0.25) is 14.7 Å². The van der Waals surface area contributed by atoms with Gasteiger partial charge in [0, 0.05) is 28.1 Å². The molecular formula is C18H22N2O2S. The van der Waals surface area contributed by atoms with Crippen LogP contribution in [0.15, 0.2) is 36.5 Å². The Morgan fingerprint density at radius 2 is 2.26 bits per heavy atom. The molecule has 0 aliphatic carbocycles. The number of likely N-dealkylation sites (tertiary alicyclic amines) is 1. The van der Waals surface area contributed by atoms with E-state index in [9.17, 15) is 9.90 Å². The Morgan fingerprint density at radius 1 is 1.39 bits per heavy atom. The number of piperidine rings is 1. The van der Waals surface area contributed by atoms with Crippen molar-refractivity contribution in [2.75, 3.05) is 6.54 Å². The second-order valence-corrected chi connectivity index (χ2v) is 7.40. The van der Waals surface area contributed by atoms with Crippen molar-refractivity contribution >= 4 is 17.3 Å². The molecule has 2 aromatic heterocycles. The van der Waals surface area contributed by atoms with E-state index in [4.69, 9.17) is 0 Å². The summed E-state index contributed by atoms with van der Waals surface area (Å²) in [5, 5.41) is 9.62. The van der Waals surface area contributed by atoms with Gasteiger partial charge >= 0.3 is 5.97 Å². The third kappa shape index (κ3) is 3.79. The number of hydrogen-bond donors (Lipinski definition) is 1. The van der Waals surface area contributed by atoms with Gasteiger partial charge in [0.05, 0.1) is 6.04 Å². The molecule has 5 heteroatoms. The number of carbonyl (C=O) groups is 1. The van der Waals surface area contributed by atoms with Crippen LogP contribution in [0.3, 0.4) is 0 Å². The second kappa shape index (κ2) is 7.23. The molecule has 4 nitrogen and oxygen atoms in total. The SMILES string of the molecule is Cc1ccc(C(Cc2ccccn2)N2CCCCC2C(=O)O)s1. The Morgan fingerprint density at radius 3 is 2.91 bits per heavy atom. The Hall–Kier alpha value is -1.72. The third-order valence-corrected chi connectivity index (χ3v) is 5.55. The molecule has 0 radical (unpaired) electrons. The van der Waals surface area contributed by atoms with Crippen LogP contribution in [0.5, 0.6) is 0 Å². The van der Waals surface area contributed by atoms with E-state index in [2.05, 4.69) is 28.9 Å². The van der Waals surface area contributed by atoms with Gasteiger partial charge in [0.2, 0.25) is 0 Å². The largest absolute Gasteiger partial charge is 0.480 e. The van der Waals surface area contributed by atoms with Gasteiger partial charge in [-0.15, -0.1) is 11.3 Å². The summed E-state index contributed by atoms with van der Waals surface area (Å²) >= 11 is 1.76. The Kier molecular flexibility index (Phi) is 5.08. The quantitative estimate of drug-likeness (QED) is 0.909. The van der Waals surface area contributed by atoms with Crippen LogP contribution in [0.25, 0.3) is 0 Å². The number of carboxylic acids is 1. The van der Waals surface area contributed by atoms with Crippen LogP contribution in [0, 0.1) is 6.92 Å². The average molecular weight is 330 g/mol. The first-order valence-electron chi connectivity index (χ1n) is 8.10. The summed E-state index contributed by atoms with van der Waals surface area (Å²) in [6, 6.07) is 9.88. The molecule has 0 amide bonds. The van der Waals surface area contributed by atoms with E-state index in [0.717, 1.165) is 37.9 Å². The highest BCUT2D eigenvalue weighted by molar-refractivity contribution is 7.12. The molecule has 1 saturated heterocycles. The minimum Gasteiger partial charge on any atom is -0.480 e. The predicted molar refractivity (Wildman–Crippen MR) is 91.7 cm³/mol. The highest BCUT2D eigenvalue weighted by Gasteiger charge is 2.35. The van der Waals surface area contributed by atoms with Gasteiger partial charge in [-0.2, -0.15) is 0 Å². The first-order chi connectivity index (χ1) is 11.1. The van der Waals surface area contributed by atoms with Crippen molar-refractivity contribution in [3.8, 4) is 0 Å². The molecule has 122 valence electrons. The molecule has 3 rings (SSSR count). The zero-order valence-corrected chi connectivity index (χ0v) is 14.1. The first kappa shape index (κ1) is 16.1. The Balaban J connectivity index is 1.92. The zero-order chi connectivity index (χ0) is 16.2. The Labute approximate surface area is 140 Å². The summed E-state index contributed by atoms with van der Waals surface area (Å²) in [6.07, 6.45) is 5.35. The molecule has 0 aromatic carbocycles. The fourth-order valence-electron chi connectivity index (χ4n) is 3.32. The summed E-state index contributed by atoms with van der Waals surface area (Å²) in [5.74, 6) is -0.705. The molecule has 2 unspecified atom stereocenters. The average Bonchev–Trinajstić information content (AvgIpc) is 3.00. The van der Waals surface area contributed by atoms with E-state index in [-0.39, 0.29) is 12.1 Å². The van der Waals surface area contributed by atoms with E-state index < -0.39 is 5.97 Å². The maximum atomic E-state index is 11.7. The van der Waals surface area contributed by atoms with Gasteiger partial charge < -0.3 is 5.11 Å². The highest BCUT2D eigenvalue weighted by Crippen LogP contribution is 2.34. The van der Waals surface area contributed by atoms with Crippen molar-refractivity contribution < 1.29 is 9.90 Å². The van der Waals surface area contributed by atoms with E-state index in [1.165, 1.54) is 9.75 Å². The van der Waals surface area contributed by atoms with E-state index in [1.807, 2.05) is 18.2 Å². The number of thiophene rings is 1. The predicted octanol–water partition coefficient (Wildman–Crippen LogP) is 3.67. The summed E-state index contributed by atoms with van der Waals surface area (Å²) in [5.41, 5.74) is 1.01. The number of nitrogens with zero attached hydrogens (tertiary/aromatic N) is 2. The fourth-order valence-corrected chi connectivity index (χ4v) is 4.32. The molecule has 2 atom stereocenters. The van der Waals surface area contributed by atoms with E-state index in [0.29, 0.717) is 0 Å². The molecule has 1 aliphatic rings. The minimum atomic E-state index is -0.705. The number of aryl methyl sites for hydroxylation is 1. The smallest absolute Gasteiger partial charge is 0.320 e. The zero-order valence-electron chi connectivity index (χ0n) is 13.3. The number of carboxylic acid groups (broad SMARTS) is 1. The molecular weight excluding hydrogens is 308 g/mol. The highest BCUT2D eigenvalue weighted by atomic mass is 32.1. The molecule has 2 aromatic rings. The van der Waals surface area contributed by atoms with Gasteiger partial charge in [-0.05, 0) is 50.6 Å². The summed E-state index contributed by atoms with van der Waals surface area (Å²) in [4.78, 5) is 20.8. The maximum absolute atomic E-state index is 11.7. The molecule has 1 aliphatic heterocycles. The van der Waals surface area contributed by atoms with Crippen LogP contribution in [0.1, 0.15) is 40.8 Å². The van der Waals surface area contributed by atoms with Crippen LogP contribution < -0.4 is 0 Å². The number of hydrogen-bond acceptors (Lipinski definition) is 4. The van der Waals surface area contributed by atoms with Crippen LogP contribution >= 0.6 is 11.3 Å². The monoisotopic (exact) mass is 330 g/mol. The van der Waals surface area contributed by atoms with Gasteiger partial charge in [-0.1, -0.05) is 12.5 Å². The number of pyridine rings is 1. The van der Waals surface area contributed by atoms with Crippen molar-refractivity contribution in [1.29, 1.82) is 0 Å². The van der Waals surface area contributed by atoms with E-state index in [1.54, 1.807) is 17.5 Å².